The average molecular weight is 289 g/mol. The summed E-state index contributed by atoms with van der Waals surface area (Å²) in [4.78, 5) is 14.4. The number of morpholine rings is 1. The van der Waals surface area contributed by atoms with Gasteiger partial charge in [0.1, 0.15) is 12.6 Å². The molecule has 1 aromatic rings. The lowest BCUT2D eigenvalue weighted by Crippen LogP contribution is -2.59. The lowest BCUT2D eigenvalue weighted by Gasteiger charge is -2.48. The number of cyclic esters (lactones) is 1. The standard InChI is InChI=1S/C16H19NO4/c18-15-13-10-16(20-8-9-21-16)6-7-17(13)14(11-19-15)12-4-2-1-3-5-12/h1-5,13-14H,6-11H2/t13-,14+/m0/s1. The topological polar surface area (TPSA) is 48.0 Å². The molecule has 1 aromatic carbocycles. The van der Waals surface area contributed by atoms with Crippen molar-refractivity contribution in [2.45, 2.75) is 30.7 Å². The zero-order chi connectivity index (χ0) is 14.3. The Morgan fingerprint density at radius 2 is 1.86 bits per heavy atom. The van der Waals surface area contributed by atoms with Crippen LogP contribution >= 0.6 is 0 Å². The maximum Gasteiger partial charge on any atom is 0.323 e. The number of fused-ring (bicyclic) bond motifs is 1. The lowest BCUT2D eigenvalue weighted by atomic mass is 9.91. The first-order valence-electron chi connectivity index (χ1n) is 7.53. The van der Waals surface area contributed by atoms with Gasteiger partial charge in [0.15, 0.2) is 5.79 Å². The van der Waals surface area contributed by atoms with E-state index in [2.05, 4.69) is 17.0 Å². The van der Waals surface area contributed by atoms with E-state index < -0.39 is 5.79 Å². The van der Waals surface area contributed by atoms with Gasteiger partial charge < -0.3 is 14.2 Å². The molecular weight excluding hydrogens is 270 g/mol. The van der Waals surface area contributed by atoms with E-state index in [1.807, 2.05) is 18.2 Å². The molecule has 1 spiro atoms. The van der Waals surface area contributed by atoms with Crippen LogP contribution in [-0.2, 0) is 19.0 Å². The first kappa shape index (κ1) is 13.2. The van der Waals surface area contributed by atoms with E-state index in [-0.39, 0.29) is 18.1 Å². The fourth-order valence-electron chi connectivity index (χ4n) is 3.64. The van der Waals surface area contributed by atoms with Crippen molar-refractivity contribution < 1.29 is 19.0 Å². The van der Waals surface area contributed by atoms with Gasteiger partial charge in [-0.3, -0.25) is 9.69 Å². The minimum atomic E-state index is -0.571. The number of rotatable bonds is 1. The van der Waals surface area contributed by atoms with Gasteiger partial charge in [-0.2, -0.15) is 0 Å². The fraction of sp³-hybridized carbons (Fsp3) is 0.562. The second-order valence-electron chi connectivity index (χ2n) is 5.87. The summed E-state index contributed by atoms with van der Waals surface area (Å²) in [6.07, 6.45) is 1.37. The van der Waals surface area contributed by atoms with Crippen LogP contribution in [0.5, 0.6) is 0 Å². The van der Waals surface area contributed by atoms with Gasteiger partial charge in [0.25, 0.3) is 0 Å². The van der Waals surface area contributed by atoms with Crippen molar-refractivity contribution in [2.75, 3.05) is 26.4 Å². The van der Waals surface area contributed by atoms with E-state index in [0.717, 1.165) is 13.0 Å². The highest BCUT2D eigenvalue weighted by atomic mass is 16.7. The van der Waals surface area contributed by atoms with Crippen LogP contribution in [0.3, 0.4) is 0 Å². The van der Waals surface area contributed by atoms with E-state index in [4.69, 9.17) is 14.2 Å². The highest BCUT2D eigenvalue weighted by Gasteiger charge is 2.50. The maximum absolute atomic E-state index is 12.2. The summed E-state index contributed by atoms with van der Waals surface area (Å²) in [5.41, 5.74) is 1.19. The summed E-state index contributed by atoms with van der Waals surface area (Å²) in [7, 11) is 0. The quantitative estimate of drug-likeness (QED) is 0.733. The number of hydrogen-bond donors (Lipinski definition) is 0. The number of hydrogen-bond acceptors (Lipinski definition) is 5. The molecule has 4 rings (SSSR count). The van der Waals surface area contributed by atoms with Gasteiger partial charge in [0.05, 0.1) is 19.3 Å². The highest BCUT2D eigenvalue weighted by molar-refractivity contribution is 5.77. The summed E-state index contributed by atoms with van der Waals surface area (Å²) in [6.45, 7) is 2.45. The molecule has 3 aliphatic heterocycles. The number of carbonyl (C=O) groups excluding carboxylic acids is 1. The summed E-state index contributed by atoms with van der Waals surface area (Å²) in [6, 6.07) is 10.1. The smallest absolute Gasteiger partial charge is 0.323 e. The van der Waals surface area contributed by atoms with Gasteiger partial charge in [0, 0.05) is 19.4 Å². The third-order valence-corrected chi connectivity index (χ3v) is 4.71. The third kappa shape index (κ3) is 2.25. The molecular formula is C16H19NO4. The molecule has 3 fully saturated rings. The Kier molecular flexibility index (Phi) is 3.21. The predicted octanol–water partition coefficient (Wildman–Crippen LogP) is 1.49. The van der Waals surface area contributed by atoms with Crippen LogP contribution in [0.25, 0.3) is 0 Å². The third-order valence-electron chi connectivity index (χ3n) is 4.71. The Labute approximate surface area is 123 Å². The normalized spacial score (nSPS) is 31.9. The van der Waals surface area contributed by atoms with Crippen LogP contribution in [0.2, 0.25) is 0 Å². The summed E-state index contributed by atoms with van der Waals surface area (Å²) in [5.74, 6) is -0.723. The van der Waals surface area contributed by atoms with Crippen molar-refractivity contribution in [3.63, 3.8) is 0 Å². The first-order chi connectivity index (χ1) is 10.3. The molecule has 0 radical (unpaired) electrons. The van der Waals surface area contributed by atoms with Crippen molar-refractivity contribution in [3.05, 3.63) is 35.9 Å². The molecule has 0 aromatic heterocycles. The van der Waals surface area contributed by atoms with E-state index in [1.54, 1.807) is 0 Å². The van der Waals surface area contributed by atoms with Gasteiger partial charge >= 0.3 is 5.97 Å². The Bertz CT molecular complexity index is 526. The number of esters is 1. The molecule has 3 saturated heterocycles. The second kappa shape index (κ2) is 5.09. The zero-order valence-electron chi connectivity index (χ0n) is 11.9. The Hall–Kier alpha value is -1.43. The molecule has 0 saturated carbocycles. The van der Waals surface area contributed by atoms with E-state index in [9.17, 15) is 4.79 Å². The van der Waals surface area contributed by atoms with Crippen LogP contribution in [0, 0.1) is 0 Å². The van der Waals surface area contributed by atoms with Gasteiger partial charge in [-0.25, -0.2) is 0 Å². The van der Waals surface area contributed by atoms with Crippen molar-refractivity contribution >= 4 is 5.97 Å². The van der Waals surface area contributed by atoms with Gasteiger partial charge in [0.2, 0.25) is 0 Å². The Morgan fingerprint density at radius 3 is 2.62 bits per heavy atom. The maximum atomic E-state index is 12.2. The average Bonchev–Trinajstić information content (AvgIpc) is 2.97. The molecule has 0 amide bonds. The minimum Gasteiger partial charge on any atom is -0.462 e. The fourth-order valence-corrected chi connectivity index (χ4v) is 3.64. The molecule has 0 unspecified atom stereocenters. The van der Waals surface area contributed by atoms with Gasteiger partial charge in [-0.05, 0) is 5.56 Å². The predicted molar refractivity (Wildman–Crippen MR) is 74.5 cm³/mol. The van der Waals surface area contributed by atoms with Crippen molar-refractivity contribution in [2.24, 2.45) is 0 Å². The molecule has 5 nitrogen and oxygen atoms in total. The number of piperidine rings is 1. The highest BCUT2D eigenvalue weighted by Crippen LogP contribution is 2.40. The molecule has 0 N–H and O–H groups in total. The SMILES string of the molecule is O=C1OC[C@H](c2ccccc2)N2CCC3(C[C@@H]12)OCCO3. The molecule has 0 bridgehead atoms. The van der Waals surface area contributed by atoms with Crippen LogP contribution < -0.4 is 0 Å². The van der Waals surface area contributed by atoms with Gasteiger partial charge in [-0.1, -0.05) is 30.3 Å². The minimum absolute atomic E-state index is 0.132. The molecule has 3 aliphatic rings. The number of ether oxygens (including phenoxy) is 3. The van der Waals surface area contributed by atoms with Crippen LogP contribution in [0.4, 0.5) is 0 Å². The molecule has 0 aliphatic carbocycles. The van der Waals surface area contributed by atoms with Crippen LogP contribution in [-0.4, -0.2) is 49.1 Å². The van der Waals surface area contributed by atoms with Gasteiger partial charge in [-0.15, -0.1) is 0 Å². The molecule has 3 heterocycles. The summed E-state index contributed by atoms with van der Waals surface area (Å²) < 4.78 is 17.0. The summed E-state index contributed by atoms with van der Waals surface area (Å²) >= 11 is 0. The number of benzene rings is 1. The van der Waals surface area contributed by atoms with Crippen molar-refractivity contribution in [1.82, 2.24) is 4.90 Å². The van der Waals surface area contributed by atoms with Crippen molar-refractivity contribution in [1.29, 1.82) is 0 Å². The first-order valence-corrected chi connectivity index (χ1v) is 7.53. The number of nitrogens with zero attached hydrogens (tertiary/aromatic N) is 1. The second-order valence-corrected chi connectivity index (χ2v) is 5.87. The van der Waals surface area contributed by atoms with E-state index >= 15 is 0 Å². The molecule has 2 atom stereocenters. The molecule has 5 heteroatoms. The lowest BCUT2D eigenvalue weighted by molar-refractivity contribution is -0.218. The van der Waals surface area contributed by atoms with Crippen LogP contribution in [0.1, 0.15) is 24.4 Å². The monoisotopic (exact) mass is 289 g/mol. The molecule has 112 valence electrons. The van der Waals surface area contributed by atoms with E-state index in [1.165, 1.54) is 5.56 Å². The van der Waals surface area contributed by atoms with E-state index in [0.29, 0.717) is 26.2 Å². The largest absolute Gasteiger partial charge is 0.462 e. The zero-order valence-corrected chi connectivity index (χ0v) is 11.9. The number of carbonyl (C=O) groups is 1. The Balaban J connectivity index is 1.60. The van der Waals surface area contributed by atoms with Crippen LogP contribution in [0.15, 0.2) is 30.3 Å². The van der Waals surface area contributed by atoms with Crippen molar-refractivity contribution in [3.8, 4) is 0 Å². The molecule has 21 heavy (non-hydrogen) atoms. The Morgan fingerprint density at radius 1 is 1.10 bits per heavy atom. The summed E-state index contributed by atoms with van der Waals surface area (Å²) in [5, 5.41) is 0.